The molecule has 2 aromatic rings. The first-order chi connectivity index (χ1) is 10.6. The number of nitrogens with one attached hydrogen (secondary N) is 2. The Kier molecular flexibility index (Phi) is 5.79. The van der Waals surface area contributed by atoms with Crippen LogP contribution in [-0.4, -0.2) is 27.9 Å². The number of aryl methyl sites for hydroxylation is 1. The molecular weight excluding hydrogens is 307 g/mol. The van der Waals surface area contributed by atoms with Gasteiger partial charge in [-0.3, -0.25) is 5.32 Å². The summed E-state index contributed by atoms with van der Waals surface area (Å²) >= 11 is 1.32. The van der Waals surface area contributed by atoms with Crippen LogP contribution in [0.4, 0.5) is 14.3 Å². The molecular formula is C14H17FN4O2S. The molecule has 1 heterocycles. The molecule has 2 rings (SSSR count). The van der Waals surface area contributed by atoms with Gasteiger partial charge in [0.05, 0.1) is 6.10 Å². The lowest BCUT2D eigenvalue weighted by molar-refractivity contribution is 0.175. The third-order valence-corrected chi connectivity index (χ3v) is 3.76. The van der Waals surface area contributed by atoms with Crippen LogP contribution in [0.15, 0.2) is 24.3 Å². The van der Waals surface area contributed by atoms with E-state index in [2.05, 4.69) is 20.8 Å². The summed E-state index contributed by atoms with van der Waals surface area (Å²) in [4.78, 5) is 11.7. The van der Waals surface area contributed by atoms with Crippen LogP contribution in [-0.2, 0) is 6.42 Å². The lowest BCUT2D eigenvalue weighted by Gasteiger charge is -2.12. The number of aromatic nitrogens is 2. The quantitative estimate of drug-likeness (QED) is 0.762. The van der Waals surface area contributed by atoms with E-state index in [9.17, 15) is 14.3 Å². The summed E-state index contributed by atoms with van der Waals surface area (Å²) in [5.74, 6) is -0.374. The Morgan fingerprint density at radius 3 is 2.77 bits per heavy atom. The Morgan fingerprint density at radius 2 is 2.09 bits per heavy atom. The average molecular weight is 324 g/mol. The monoisotopic (exact) mass is 324 g/mol. The molecule has 1 aromatic carbocycles. The van der Waals surface area contributed by atoms with Crippen molar-refractivity contribution in [3.63, 3.8) is 0 Å². The van der Waals surface area contributed by atoms with Gasteiger partial charge >= 0.3 is 6.03 Å². The SMILES string of the molecule is CCCc1nnc(NC(=O)NCC(O)c2ccc(F)cc2)s1. The molecule has 0 radical (unpaired) electrons. The largest absolute Gasteiger partial charge is 0.387 e. The Balaban J connectivity index is 1.80. The summed E-state index contributed by atoms with van der Waals surface area (Å²) in [7, 11) is 0. The predicted molar refractivity (Wildman–Crippen MR) is 82.3 cm³/mol. The molecule has 6 nitrogen and oxygen atoms in total. The third-order valence-electron chi connectivity index (χ3n) is 2.86. The Labute approximate surface area is 131 Å². The number of rotatable bonds is 6. The van der Waals surface area contributed by atoms with Crippen LogP contribution in [0, 0.1) is 5.82 Å². The van der Waals surface area contributed by atoms with Gasteiger partial charge in [-0.05, 0) is 24.1 Å². The average Bonchev–Trinajstić information content (AvgIpc) is 2.93. The molecule has 0 saturated heterocycles. The minimum Gasteiger partial charge on any atom is -0.387 e. The lowest BCUT2D eigenvalue weighted by atomic mass is 10.1. The van der Waals surface area contributed by atoms with Crippen molar-refractivity contribution in [3.05, 3.63) is 40.7 Å². The smallest absolute Gasteiger partial charge is 0.321 e. The van der Waals surface area contributed by atoms with Crippen LogP contribution in [0.25, 0.3) is 0 Å². The Morgan fingerprint density at radius 1 is 1.36 bits per heavy atom. The van der Waals surface area contributed by atoms with E-state index in [-0.39, 0.29) is 12.4 Å². The number of urea groups is 1. The number of carbonyl (C=O) groups is 1. The maximum atomic E-state index is 12.8. The first-order valence-corrected chi connectivity index (χ1v) is 7.71. The number of aliphatic hydroxyl groups excluding tert-OH is 1. The highest BCUT2D eigenvalue weighted by Crippen LogP contribution is 2.16. The summed E-state index contributed by atoms with van der Waals surface area (Å²) in [5, 5.41) is 24.1. The molecule has 0 aliphatic carbocycles. The zero-order valence-corrected chi connectivity index (χ0v) is 12.9. The maximum Gasteiger partial charge on any atom is 0.321 e. The molecule has 0 spiro atoms. The molecule has 3 N–H and O–H groups in total. The van der Waals surface area contributed by atoms with Crippen molar-refractivity contribution in [1.82, 2.24) is 15.5 Å². The number of hydrogen-bond donors (Lipinski definition) is 3. The number of halogens is 1. The number of carbonyl (C=O) groups excluding carboxylic acids is 1. The Hall–Kier alpha value is -2.06. The second-order valence-corrected chi connectivity index (χ2v) is 5.72. The molecule has 22 heavy (non-hydrogen) atoms. The van der Waals surface area contributed by atoms with Gasteiger partial charge in [0, 0.05) is 13.0 Å². The van der Waals surface area contributed by atoms with E-state index in [0.29, 0.717) is 10.7 Å². The molecule has 0 bridgehead atoms. The van der Waals surface area contributed by atoms with Gasteiger partial charge in [-0.1, -0.05) is 30.4 Å². The standard InChI is InChI=1S/C14H17FN4O2S/c1-2-3-12-18-19-14(22-12)17-13(21)16-8-11(20)9-4-6-10(15)7-5-9/h4-7,11,20H,2-3,8H2,1H3,(H2,16,17,19,21). The van der Waals surface area contributed by atoms with Gasteiger partial charge in [-0.15, -0.1) is 10.2 Å². The zero-order chi connectivity index (χ0) is 15.9. The fourth-order valence-corrected chi connectivity index (χ4v) is 2.59. The number of benzene rings is 1. The minimum absolute atomic E-state index is 0.0120. The zero-order valence-electron chi connectivity index (χ0n) is 12.0. The van der Waals surface area contributed by atoms with Gasteiger partial charge in [0.25, 0.3) is 0 Å². The van der Waals surface area contributed by atoms with Gasteiger partial charge in [0.1, 0.15) is 10.8 Å². The van der Waals surface area contributed by atoms with E-state index in [4.69, 9.17) is 0 Å². The van der Waals surface area contributed by atoms with Gasteiger partial charge in [-0.25, -0.2) is 9.18 Å². The highest BCUT2D eigenvalue weighted by molar-refractivity contribution is 7.15. The van der Waals surface area contributed by atoms with Crippen molar-refractivity contribution in [2.45, 2.75) is 25.9 Å². The second-order valence-electron chi connectivity index (χ2n) is 4.65. The first kappa shape index (κ1) is 16.3. The van der Waals surface area contributed by atoms with Crippen molar-refractivity contribution in [2.75, 3.05) is 11.9 Å². The van der Waals surface area contributed by atoms with E-state index in [1.54, 1.807) is 0 Å². The highest BCUT2D eigenvalue weighted by Gasteiger charge is 2.11. The van der Waals surface area contributed by atoms with E-state index < -0.39 is 12.1 Å². The van der Waals surface area contributed by atoms with E-state index in [1.807, 2.05) is 6.92 Å². The molecule has 8 heteroatoms. The molecule has 2 amide bonds. The fraction of sp³-hybridized carbons (Fsp3) is 0.357. The minimum atomic E-state index is -0.906. The molecule has 1 atom stereocenters. The summed E-state index contributed by atoms with van der Waals surface area (Å²) in [6.45, 7) is 2.05. The van der Waals surface area contributed by atoms with Crippen molar-refractivity contribution in [3.8, 4) is 0 Å². The number of aliphatic hydroxyl groups is 1. The molecule has 1 unspecified atom stereocenters. The first-order valence-electron chi connectivity index (χ1n) is 6.89. The van der Waals surface area contributed by atoms with Gasteiger partial charge in [-0.2, -0.15) is 0 Å². The van der Waals surface area contributed by atoms with Crippen LogP contribution in [0.5, 0.6) is 0 Å². The van der Waals surface area contributed by atoms with E-state index >= 15 is 0 Å². The summed E-state index contributed by atoms with van der Waals surface area (Å²) in [6.07, 6.45) is 0.881. The molecule has 0 aliphatic rings. The number of amides is 2. The molecule has 118 valence electrons. The summed E-state index contributed by atoms with van der Waals surface area (Å²) < 4.78 is 12.8. The Bertz CT molecular complexity index is 618. The highest BCUT2D eigenvalue weighted by atomic mass is 32.1. The topological polar surface area (TPSA) is 87.1 Å². The molecule has 1 aromatic heterocycles. The second kappa shape index (κ2) is 7.81. The van der Waals surface area contributed by atoms with Crippen molar-refractivity contribution in [1.29, 1.82) is 0 Å². The van der Waals surface area contributed by atoms with Crippen LogP contribution in [0.2, 0.25) is 0 Å². The third kappa shape index (κ3) is 4.74. The van der Waals surface area contributed by atoms with Crippen LogP contribution in [0.1, 0.15) is 30.0 Å². The van der Waals surface area contributed by atoms with Crippen molar-refractivity contribution < 1.29 is 14.3 Å². The fourth-order valence-electron chi connectivity index (χ4n) is 1.75. The van der Waals surface area contributed by atoms with Crippen molar-refractivity contribution in [2.24, 2.45) is 0 Å². The van der Waals surface area contributed by atoms with Crippen LogP contribution >= 0.6 is 11.3 Å². The lowest BCUT2D eigenvalue weighted by Crippen LogP contribution is -2.32. The maximum absolute atomic E-state index is 12.8. The predicted octanol–water partition coefficient (Wildman–Crippen LogP) is 2.48. The van der Waals surface area contributed by atoms with Gasteiger partial charge in [0.2, 0.25) is 5.13 Å². The normalized spacial score (nSPS) is 12.0. The van der Waals surface area contributed by atoms with E-state index in [0.717, 1.165) is 17.8 Å². The molecule has 0 saturated carbocycles. The number of anilines is 1. The summed E-state index contributed by atoms with van der Waals surface area (Å²) in [6, 6.07) is 4.99. The van der Waals surface area contributed by atoms with Crippen molar-refractivity contribution >= 4 is 22.5 Å². The van der Waals surface area contributed by atoms with Crippen LogP contribution < -0.4 is 10.6 Å². The summed E-state index contributed by atoms with van der Waals surface area (Å²) in [5.41, 5.74) is 0.530. The molecule has 0 aliphatic heterocycles. The van der Waals surface area contributed by atoms with Crippen LogP contribution in [0.3, 0.4) is 0 Å². The number of nitrogens with zero attached hydrogens (tertiary/aromatic N) is 2. The van der Waals surface area contributed by atoms with Gasteiger partial charge < -0.3 is 10.4 Å². The van der Waals surface area contributed by atoms with E-state index in [1.165, 1.54) is 35.6 Å². The number of hydrogen-bond acceptors (Lipinski definition) is 5. The molecule has 0 fully saturated rings. The van der Waals surface area contributed by atoms with Gasteiger partial charge in [0.15, 0.2) is 0 Å².